The zero-order chi connectivity index (χ0) is 22.4. The van der Waals surface area contributed by atoms with E-state index >= 15 is 0 Å². The Morgan fingerprint density at radius 3 is 2.52 bits per heavy atom. The monoisotopic (exact) mass is 434 g/mol. The summed E-state index contributed by atoms with van der Waals surface area (Å²) >= 11 is 0. The first-order chi connectivity index (χ1) is 16.2. The number of carbonyl (C=O) groups excluding carboxylic acids is 1. The average Bonchev–Trinajstić information content (AvgIpc) is 3.43. The predicted octanol–water partition coefficient (Wildman–Crippen LogP) is 6.27. The van der Waals surface area contributed by atoms with Gasteiger partial charge in [0.05, 0.1) is 5.56 Å². The fraction of sp³-hybridized carbons (Fsp3) is 0.148. The summed E-state index contributed by atoms with van der Waals surface area (Å²) in [6, 6.07) is 23.7. The van der Waals surface area contributed by atoms with E-state index in [0.29, 0.717) is 5.89 Å². The largest absolute Gasteiger partial charge is 0.436 e. The highest BCUT2D eigenvalue weighted by Crippen LogP contribution is 2.38. The van der Waals surface area contributed by atoms with Crippen LogP contribution in [0.15, 0.2) is 83.4 Å². The number of rotatable bonds is 5. The van der Waals surface area contributed by atoms with Crippen molar-refractivity contribution >= 4 is 28.4 Å². The quantitative estimate of drug-likeness (QED) is 0.354. The molecule has 0 aliphatic heterocycles. The van der Waals surface area contributed by atoms with Crippen LogP contribution in [0.2, 0.25) is 0 Å². The molecule has 0 unspecified atom stereocenters. The lowest BCUT2D eigenvalue weighted by atomic mass is 10.1. The van der Waals surface area contributed by atoms with Gasteiger partial charge in [-0.25, -0.2) is 4.98 Å². The van der Waals surface area contributed by atoms with Crippen molar-refractivity contribution in [2.24, 2.45) is 5.92 Å². The van der Waals surface area contributed by atoms with Gasteiger partial charge in [-0.05, 0) is 61.7 Å². The summed E-state index contributed by atoms with van der Waals surface area (Å²) in [6.45, 7) is 2.03. The third-order valence-electron chi connectivity index (χ3n) is 5.98. The molecule has 1 fully saturated rings. The summed E-state index contributed by atoms with van der Waals surface area (Å²) in [5.74, 6) is 0.792. The van der Waals surface area contributed by atoms with E-state index in [9.17, 15) is 4.79 Å². The molecule has 5 aromatic rings. The number of benzene rings is 3. The molecule has 0 spiro atoms. The second kappa shape index (κ2) is 7.74. The SMILES string of the molecule is Cc1ccc2nc(-c3c[nH]nc3-c3ccc(N(C(=O)C4CC4)c4ccccc4)cc3)oc2c1. The molecule has 6 heteroatoms. The minimum absolute atomic E-state index is 0.116. The number of H-pyrrole nitrogens is 1. The second-order valence-electron chi connectivity index (χ2n) is 8.47. The molecule has 1 amide bonds. The number of hydrogen-bond acceptors (Lipinski definition) is 4. The normalized spacial score (nSPS) is 13.4. The van der Waals surface area contributed by atoms with Crippen LogP contribution in [0.25, 0.3) is 33.8 Å². The number of fused-ring (bicyclic) bond motifs is 1. The van der Waals surface area contributed by atoms with Crippen molar-refractivity contribution in [3.05, 3.63) is 84.6 Å². The van der Waals surface area contributed by atoms with E-state index < -0.39 is 0 Å². The Kier molecular flexibility index (Phi) is 4.57. The first kappa shape index (κ1) is 19.5. The molecule has 0 radical (unpaired) electrons. The van der Waals surface area contributed by atoms with Gasteiger partial charge in [-0.1, -0.05) is 36.4 Å². The fourth-order valence-electron chi connectivity index (χ4n) is 4.08. The maximum absolute atomic E-state index is 13.1. The first-order valence-corrected chi connectivity index (χ1v) is 11.1. The maximum atomic E-state index is 13.1. The third kappa shape index (κ3) is 3.59. The molecule has 0 saturated heterocycles. The summed E-state index contributed by atoms with van der Waals surface area (Å²) in [5, 5.41) is 7.39. The highest BCUT2D eigenvalue weighted by atomic mass is 16.3. The van der Waals surface area contributed by atoms with Crippen LogP contribution < -0.4 is 4.90 Å². The molecule has 0 bridgehead atoms. The number of aromatic nitrogens is 3. The van der Waals surface area contributed by atoms with Crippen LogP contribution in [-0.4, -0.2) is 21.1 Å². The van der Waals surface area contributed by atoms with Gasteiger partial charge in [-0.3, -0.25) is 14.8 Å². The van der Waals surface area contributed by atoms with Gasteiger partial charge >= 0.3 is 0 Å². The van der Waals surface area contributed by atoms with Crippen LogP contribution in [-0.2, 0) is 4.79 Å². The smallest absolute Gasteiger partial charge is 0.234 e. The van der Waals surface area contributed by atoms with Crippen LogP contribution in [0.4, 0.5) is 11.4 Å². The molecule has 2 aromatic heterocycles. The van der Waals surface area contributed by atoms with E-state index in [1.807, 2.05) is 84.6 Å². The zero-order valence-electron chi connectivity index (χ0n) is 18.2. The standard InChI is InChI=1S/C27H22N4O2/c1-17-7-14-23-24(15-17)33-26(29-23)22-16-28-30-25(22)18-10-12-21(13-11-18)31(27(32)19-8-9-19)20-5-3-2-4-6-20/h2-7,10-16,19H,8-9H2,1H3,(H,28,30). The number of amides is 1. The molecule has 1 aliphatic rings. The average molecular weight is 434 g/mol. The van der Waals surface area contributed by atoms with Gasteiger partial charge in [0.1, 0.15) is 11.2 Å². The molecule has 0 atom stereocenters. The minimum Gasteiger partial charge on any atom is -0.436 e. The Morgan fingerprint density at radius 2 is 1.76 bits per heavy atom. The lowest BCUT2D eigenvalue weighted by Gasteiger charge is -2.23. The lowest BCUT2D eigenvalue weighted by molar-refractivity contribution is -0.119. The van der Waals surface area contributed by atoms with E-state index in [2.05, 4.69) is 15.2 Å². The minimum atomic E-state index is 0.116. The fourth-order valence-corrected chi connectivity index (χ4v) is 4.08. The van der Waals surface area contributed by atoms with Gasteiger partial charge in [0.25, 0.3) is 0 Å². The molecule has 6 nitrogen and oxygen atoms in total. The van der Waals surface area contributed by atoms with Gasteiger partial charge in [-0.15, -0.1) is 0 Å². The van der Waals surface area contributed by atoms with Crippen molar-refractivity contribution in [1.29, 1.82) is 0 Å². The number of aryl methyl sites for hydroxylation is 1. The van der Waals surface area contributed by atoms with E-state index in [0.717, 1.165) is 57.7 Å². The first-order valence-electron chi connectivity index (χ1n) is 11.1. The number of aromatic amines is 1. The van der Waals surface area contributed by atoms with Crippen LogP contribution in [0.1, 0.15) is 18.4 Å². The molecule has 1 N–H and O–H groups in total. The highest BCUT2D eigenvalue weighted by Gasteiger charge is 2.34. The summed E-state index contributed by atoms with van der Waals surface area (Å²) in [5.41, 5.74) is 6.88. The van der Waals surface area contributed by atoms with E-state index in [4.69, 9.17) is 4.42 Å². The van der Waals surface area contributed by atoms with E-state index in [-0.39, 0.29) is 11.8 Å². The van der Waals surface area contributed by atoms with Gasteiger partial charge in [0.2, 0.25) is 11.8 Å². The zero-order valence-corrected chi connectivity index (χ0v) is 18.2. The maximum Gasteiger partial charge on any atom is 0.234 e. The summed E-state index contributed by atoms with van der Waals surface area (Å²) in [4.78, 5) is 19.5. The number of anilines is 2. The molecule has 1 saturated carbocycles. The van der Waals surface area contributed by atoms with Crippen molar-refractivity contribution in [3.8, 4) is 22.7 Å². The van der Waals surface area contributed by atoms with Gasteiger partial charge in [-0.2, -0.15) is 5.10 Å². The highest BCUT2D eigenvalue weighted by molar-refractivity contribution is 6.03. The molecule has 2 heterocycles. The number of para-hydroxylation sites is 1. The van der Waals surface area contributed by atoms with E-state index in [1.54, 1.807) is 6.20 Å². The Labute approximate surface area is 190 Å². The summed E-state index contributed by atoms with van der Waals surface area (Å²) < 4.78 is 6.02. The van der Waals surface area contributed by atoms with Crippen molar-refractivity contribution in [3.63, 3.8) is 0 Å². The van der Waals surface area contributed by atoms with Crippen LogP contribution in [0.3, 0.4) is 0 Å². The van der Waals surface area contributed by atoms with Gasteiger partial charge < -0.3 is 4.42 Å². The van der Waals surface area contributed by atoms with Crippen LogP contribution in [0.5, 0.6) is 0 Å². The van der Waals surface area contributed by atoms with E-state index in [1.165, 1.54) is 0 Å². The van der Waals surface area contributed by atoms with Gasteiger partial charge in [0, 0.05) is 29.1 Å². The number of nitrogens with zero attached hydrogens (tertiary/aromatic N) is 3. The molecular weight excluding hydrogens is 412 g/mol. The third-order valence-corrected chi connectivity index (χ3v) is 5.98. The van der Waals surface area contributed by atoms with Crippen LogP contribution in [0, 0.1) is 12.8 Å². The molecule has 6 rings (SSSR count). The van der Waals surface area contributed by atoms with Crippen molar-refractivity contribution in [2.75, 3.05) is 4.90 Å². The Morgan fingerprint density at radius 1 is 1.00 bits per heavy atom. The van der Waals surface area contributed by atoms with Crippen molar-refractivity contribution in [1.82, 2.24) is 15.2 Å². The molecule has 33 heavy (non-hydrogen) atoms. The number of oxazole rings is 1. The second-order valence-corrected chi connectivity index (χ2v) is 8.47. The topological polar surface area (TPSA) is 75.0 Å². The number of nitrogens with one attached hydrogen (secondary N) is 1. The molecule has 3 aromatic carbocycles. The van der Waals surface area contributed by atoms with Gasteiger partial charge in [0.15, 0.2) is 5.58 Å². The number of hydrogen-bond donors (Lipinski definition) is 1. The number of carbonyl (C=O) groups is 1. The van der Waals surface area contributed by atoms with Crippen molar-refractivity contribution in [2.45, 2.75) is 19.8 Å². The summed E-state index contributed by atoms with van der Waals surface area (Å²) in [7, 11) is 0. The van der Waals surface area contributed by atoms with Crippen molar-refractivity contribution < 1.29 is 9.21 Å². The van der Waals surface area contributed by atoms with Crippen LogP contribution >= 0.6 is 0 Å². The Bertz CT molecular complexity index is 1450. The predicted molar refractivity (Wildman–Crippen MR) is 128 cm³/mol. The Balaban J connectivity index is 1.36. The molecule has 162 valence electrons. The summed E-state index contributed by atoms with van der Waals surface area (Å²) in [6.07, 6.45) is 3.72. The molecular formula is C27H22N4O2. The Hall–Kier alpha value is -4.19. The lowest BCUT2D eigenvalue weighted by Crippen LogP contribution is -2.27. The molecule has 1 aliphatic carbocycles.